The van der Waals surface area contributed by atoms with Crippen LogP contribution in [-0.4, -0.2) is 14.7 Å². The van der Waals surface area contributed by atoms with Crippen molar-refractivity contribution in [2.75, 3.05) is 0 Å². The SMILES string of the molecule is O=P(O)(O)O.[Cu].[H-].[K+]. The molecular formula is H4CuKO4P. The van der Waals surface area contributed by atoms with Crippen molar-refractivity contribution < 1.29 is 89.1 Å². The fourth-order valence-electron chi connectivity index (χ4n) is 0. The van der Waals surface area contributed by atoms with E-state index in [2.05, 4.69) is 0 Å². The Labute approximate surface area is 95.3 Å². The molecule has 0 fully saturated rings. The second-order valence-corrected chi connectivity index (χ2v) is 1.54. The van der Waals surface area contributed by atoms with E-state index in [4.69, 9.17) is 19.2 Å². The van der Waals surface area contributed by atoms with Crippen molar-refractivity contribution in [3.63, 3.8) is 0 Å². The molecule has 0 spiro atoms. The zero-order chi connectivity index (χ0) is 4.50. The molecule has 0 aliphatic heterocycles. The fourth-order valence-corrected chi connectivity index (χ4v) is 0. The summed E-state index contributed by atoms with van der Waals surface area (Å²) in [5.74, 6) is 0. The maximum absolute atomic E-state index is 8.88. The molecule has 0 rings (SSSR count). The molecule has 0 saturated heterocycles. The Hall–Kier alpha value is 2.27. The van der Waals surface area contributed by atoms with Crippen LogP contribution in [0.15, 0.2) is 0 Å². The summed E-state index contributed by atoms with van der Waals surface area (Å²) in [5.41, 5.74) is 0. The maximum Gasteiger partial charge on any atom is 1.00 e. The summed E-state index contributed by atoms with van der Waals surface area (Å²) >= 11 is 0. The van der Waals surface area contributed by atoms with Crippen molar-refractivity contribution in [1.29, 1.82) is 0 Å². The summed E-state index contributed by atoms with van der Waals surface area (Å²) in [6, 6.07) is 0. The number of hydrogen-bond donors (Lipinski definition) is 3. The van der Waals surface area contributed by atoms with Gasteiger partial charge < -0.3 is 16.1 Å². The van der Waals surface area contributed by atoms with E-state index in [-0.39, 0.29) is 69.9 Å². The predicted octanol–water partition coefficient (Wildman–Crippen LogP) is -3.81. The van der Waals surface area contributed by atoms with Gasteiger partial charge in [-0.15, -0.1) is 0 Å². The second kappa shape index (κ2) is 6.39. The molecule has 3 N–H and O–H groups in total. The van der Waals surface area contributed by atoms with E-state index in [1.54, 1.807) is 0 Å². The monoisotopic (exact) mass is 201 g/mol. The minimum absolute atomic E-state index is 0. The molecule has 0 aromatic carbocycles. The van der Waals surface area contributed by atoms with Gasteiger partial charge in [0.15, 0.2) is 0 Å². The largest absolute Gasteiger partial charge is 1.00 e. The Bertz CT molecular complexity index is 62.2. The Balaban J connectivity index is -0.0000000267. The summed E-state index contributed by atoms with van der Waals surface area (Å²) in [5, 5.41) is 0. The van der Waals surface area contributed by atoms with Crippen LogP contribution in [0.1, 0.15) is 1.43 Å². The molecule has 0 unspecified atom stereocenters. The van der Waals surface area contributed by atoms with Gasteiger partial charge in [-0.1, -0.05) is 0 Å². The molecule has 0 heterocycles. The van der Waals surface area contributed by atoms with Crippen LogP contribution in [0.4, 0.5) is 0 Å². The molecule has 7 heteroatoms. The molecule has 7 heavy (non-hydrogen) atoms. The first kappa shape index (κ1) is 16.1. The molecule has 0 aromatic rings. The van der Waals surface area contributed by atoms with Crippen molar-refractivity contribution in [3.05, 3.63) is 0 Å². The molecule has 0 aliphatic rings. The molecule has 0 aliphatic carbocycles. The average molecular weight is 202 g/mol. The minimum Gasteiger partial charge on any atom is -1.00 e. The van der Waals surface area contributed by atoms with Crippen LogP contribution < -0.4 is 51.4 Å². The smallest absolute Gasteiger partial charge is 1.00 e. The summed E-state index contributed by atoms with van der Waals surface area (Å²) < 4.78 is 8.88. The van der Waals surface area contributed by atoms with E-state index < -0.39 is 7.82 Å². The van der Waals surface area contributed by atoms with E-state index in [9.17, 15) is 0 Å². The van der Waals surface area contributed by atoms with Gasteiger partial charge in [-0.3, -0.25) is 0 Å². The van der Waals surface area contributed by atoms with Gasteiger partial charge in [0.05, 0.1) is 0 Å². The van der Waals surface area contributed by atoms with Gasteiger partial charge in [-0.05, 0) is 0 Å². The van der Waals surface area contributed by atoms with E-state index >= 15 is 0 Å². The fraction of sp³-hybridized carbons (Fsp3) is 0. The van der Waals surface area contributed by atoms with Crippen LogP contribution in [0, 0.1) is 0 Å². The normalized spacial score (nSPS) is 8.43. The van der Waals surface area contributed by atoms with Crippen molar-refractivity contribution in [2.24, 2.45) is 0 Å². The van der Waals surface area contributed by atoms with Crippen LogP contribution >= 0.6 is 7.82 Å². The molecule has 4 nitrogen and oxygen atoms in total. The molecule has 0 atom stereocenters. The predicted molar refractivity (Wildman–Crippen MR) is 15.4 cm³/mol. The van der Waals surface area contributed by atoms with Gasteiger partial charge in [0, 0.05) is 17.1 Å². The molecule has 0 aromatic heterocycles. The molecule has 0 saturated carbocycles. The molecular weight excluding hydrogens is 198 g/mol. The van der Waals surface area contributed by atoms with Crippen LogP contribution in [0.3, 0.4) is 0 Å². The topological polar surface area (TPSA) is 77.8 Å². The van der Waals surface area contributed by atoms with Gasteiger partial charge in [0.1, 0.15) is 0 Å². The van der Waals surface area contributed by atoms with Crippen molar-refractivity contribution in [2.45, 2.75) is 0 Å². The maximum atomic E-state index is 8.88. The van der Waals surface area contributed by atoms with Crippen LogP contribution in [0.25, 0.3) is 0 Å². The first-order valence-corrected chi connectivity index (χ1v) is 2.35. The van der Waals surface area contributed by atoms with Gasteiger partial charge in [0.25, 0.3) is 0 Å². The standard InChI is InChI=1S/Cu.K.H3O4P.H/c;;1-5(2,3)4;/h;;(H3,1,2,3,4);/q;+1;;-1. The second-order valence-electron chi connectivity index (χ2n) is 0.513. The summed E-state index contributed by atoms with van der Waals surface area (Å²) in [4.78, 5) is 21.6. The zero-order valence-corrected chi connectivity index (χ0v) is 8.46. The van der Waals surface area contributed by atoms with Crippen LogP contribution in [0.5, 0.6) is 0 Å². The average Bonchev–Trinajstić information content (AvgIpc) is 0.722. The quantitative estimate of drug-likeness (QED) is 0.277. The first-order chi connectivity index (χ1) is 2.00. The van der Waals surface area contributed by atoms with Crippen molar-refractivity contribution in [1.82, 2.24) is 0 Å². The molecule has 45 valence electrons. The Morgan fingerprint density at radius 1 is 1.29 bits per heavy atom. The van der Waals surface area contributed by atoms with Crippen molar-refractivity contribution >= 4 is 7.82 Å². The summed E-state index contributed by atoms with van der Waals surface area (Å²) in [6.07, 6.45) is 0. The number of phosphoric acid groups is 1. The number of rotatable bonds is 0. The third-order valence-electron chi connectivity index (χ3n) is 0. The molecule has 1 radical (unpaired) electrons. The van der Waals surface area contributed by atoms with Gasteiger partial charge >= 0.3 is 59.2 Å². The van der Waals surface area contributed by atoms with Crippen molar-refractivity contribution in [3.8, 4) is 0 Å². The van der Waals surface area contributed by atoms with Crippen LogP contribution in [0.2, 0.25) is 0 Å². The van der Waals surface area contributed by atoms with E-state index in [0.29, 0.717) is 0 Å². The first-order valence-electron chi connectivity index (χ1n) is 0.783. The van der Waals surface area contributed by atoms with Crippen LogP contribution in [-0.2, 0) is 21.6 Å². The Kier molecular flexibility index (Phi) is 14.7. The molecule has 0 bridgehead atoms. The zero-order valence-electron chi connectivity index (χ0n) is 4.50. The third-order valence-corrected chi connectivity index (χ3v) is 0. The minimum atomic E-state index is -4.64. The van der Waals surface area contributed by atoms with E-state index in [1.165, 1.54) is 0 Å². The third kappa shape index (κ3) is 63.2. The Morgan fingerprint density at radius 3 is 1.29 bits per heavy atom. The van der Waals surface area contributed by atoms with Gasteiger partial charge in [-0.2, -0.15) is 0 Å². The van der Waals surface area contributed by atoms with Gasteiger partial charge in [-0.25, -0.2) is 4.57 Å². The van der Waals surface area contributed by atoms with Gasteiger partial charge in [0.2, 0.25) is 0 Å². The number of hydrogen-bond acceptors (Lipinski definition) is 1. The van der Waals surface area contributed by atoms with E-state index in [0.717, 1.165) is 0 Å². The molecule has 0 amide bonds. The Morgan fingerprint density at radius 2 is 1.29 bits per heavy atom. The summed E-state index contributed by atoms with van der Waals surface area (Å²) in [7, 11) is -4.64. The van der Waals surface area contributed by atoms with E-state index in [1.807, 2.05) is 0 Å². The summed E-state index contributed by atoms with van der Waals surface area (Å²) in [6.45, 7) is 0.